The molecule has 0 aliphatic carbocycles. The van der Waals surface area contributed by atoms with Crippen molar-refractivity contribution in [2.75, 3.05) is 6.54 Å². The van der Waals surface area contributed by atoms with Gasteiger partial charge in [0.25, 0.3) is 5.91 Å². The number of rotatable bonds is 3. The van der Waals surface area contributed by atoms with Gasteiger partial charge < -0.3 is 10.4 Å². The molecule has 0 atom stereocenters. The van der Waals surface area contributed by atoms with Gasteiger partial charge in [-0.1, -0.05) is 12.1 Å². The molecule has 0 unspecified atom stereocenters. The van der Waals surface area contributed by atoms with Crippen LogP contribution in [0.2, 0.25) is 0 Å². The van der Waals surface area contributed by atoms with Gasteiger partial charge in [0.2, 0.25) is 0 Å². The lowest BCUT2D eigenvalue weighted by Crippen LogP contribution is -2.30. The molecule has 1 aromatic carbocycles. The summed E-state index contributed by atoms with van der Waals surface area (Å²) < 4.78 is 13.5. The highest BCUT2D eigenvalue weighted by atomic mass is 19.1. The van der Waals surface area contributed by atoms with Crippen LogP contribution in [0.5, 0.6) is 0 Å². The predicted octanol–water partition coefficient (Wildman–Crippen LogP) is 1.19. The number of hydrogen-bond acceptors (Lipinski definition) is 3. The first-order valence-corrected chi connectivity index (χ1v) is 5.13. The van der Waals surface area contributed by atoms with E-state index in [1.807, 2.05) is 0 Å². The zero-order chi connectivity index (χ0) is 13.1. The van der Waals surface area contributed by atoms with E-state index in [9.17, 15) is 14.0 Å². The first-order chi connectivity index (χ1) is 8.59. The fourth-order valence-corrected chi connectivity index (χ4v) is 1.59. The second-order valence-corrected chi connectivity index (χ2v) is 3.57. The van der Waals surface area contributed by atoms with E-state index in [0.717, 1.165) is 0 Å². The number of pyridine rings is 1. The van der Waals surface area contributed by atoms with Crippen molar-refractivity contribution < 1.29 is 19.1 Å². The molecule has 0 aliphatic rings. The summed E-state index contributed by atoms with van der Waals surface area (Å²) in [5, 5.41) is 11.3. The Bertz CT molecular complexity index is 628. The van der Waals surface area contributed by atoms with E-state index in [1.165, 1.54) is 24.4 Å². The molecule has 1 aromatic heterocycles. The van der Waals surface area contributed by atoms with Crippen molar-refractivity contribution in [2.24, 2.45) is 0 Å². The Hall–Kier alpha value is -2.50. The minimum atomic E-state index is -1.16. The molecule has 0 saturated heterocycles. The number of carboxylic acid groups (broad SMARTS) is 1. The number of nitrogens with zero attached hydrogens (tertiary/aromatic N) is 1. The largest absolute Gasteiger partial charge is 0.480 e. The van der Waals surface area contributed by atoms with Crippen LogP contribution >= 0.6 is 0 Å². The summed E-state index contributed by atoms with van der Waals surface area (Å²) in [5.74, 6) is -2.26. The van der Waals surface area contributed by atoms with Crippen LogP contribution in [0.1, 0.15) is 10.5 Å². The van der Waals surface area contributed by atoms with Gasteiger partial charge in [-0.05, 0) is 12.1 Å². The maximum absolute atomic E-state index is 13.5. The summed E-state index contributed by atoms with van der Waals surface area (Å²) in [5.41, 5.74) is 0.00764. The Morgan fingerprint density at radius 1 is 1.28 bits per heavy atom. The zero-order valence-electron chi connectivity index (χ0n) is 9.18. The normalized spacial score (nSPS) is 10.3. The van der Waals surface area contributed by atoms with Gasteiger partial charge in [0.15, 0.2) is 0 Å². The van der Waals surface area contributed by atoms with Gasteiger partial charge in [0.05, 0.1) is 0 Å². The van der Waals surface area contributed by atoms with Crippen LogP contribution in [0.25, 0.3) is 10.8 Å². The van der Waals surface area contributed by atoms with E-state index in [4.69, 9.17) is 5.11 Å². The quantitative estimate of drug-likeness (QED) is 0.855. The zero-order valence-corrected chi connectivity index (χ0v) is 9.18. The second-order valence-electron chi connectivity index (χ2n) is 3.57. The molecular weight excluding hydrogens is 239 g/mol. The van der Waals surface area contributed by atoms with E-state index in [-0.39, 0.29) is 11.1 Å². The third-order valence-electron chi connectivity index (χ3n) is 2.37. The minimum Gasteiger partial charge on any atom is -0.480 e. The number of carboxylic acids is 1. The smallest absolute Gasteiger partial charge is 0.322 e. The summed E-state index contributed by atoms with van der Waals surface area (Å²) in [6.07, 6.45) is 1.31. The van der Waals surface area contributed by atoms with Gasteiger partial charge in [-0.15, -0.1) is 0 Å². The van der Waals surface area contributed by atoms with Crippen molar-refractivity contribution >= 4 is 22.6 Å². The SMILES string of the molecule is O=C(O)CNC(=O)c1nccc2c(F)cccc12. The molecule has 92 valence electrons. The summed E-state index contributed by atoms with van der Waals surface area (Å²) >= 11 is 0. The molecule has 0 radical (unpaired) electrons. The van der Waals surface area contributed by atoms with Crippen molar-refractivity contribution in [3.05, 3.63) is 42.0 Å². The lowest BCUT2D eigenvalue weighted by molar-refractivity contribution is -0.135. The van der Waals surface area contributed by atoms with Crippen molar-refractivity contribution in [1.82, 2.24) is 10.3 Å². The molecular formula is C12H9FN2O3. The summed E-state index contributed by atoms with van der Waals surface area (Å²) in [6, 6.07) is 5.76. The van der Waals surface area contributed by atoms with Gasteiger partial charge in [-0.25, -0.2) is 4.39 Å². The van der Waals surface area contributed by atoms with E-state index in [2.05, 4.69) is 10.3 Å². The lowest BCUT2D eigenvalue weighted by atomic mass is 10.1. The van der Waals surface area contributed by atoms with Crippen molar-refractivity contribution in [1.29, 1.82) is 0 Å². The van der Waals surface area contributed by atoms with Crippen LogP contribution in [-0.4, -0.2) is 28.5 Å². The molecule has 0 aliphatic heterocycles. The van der Waals surface area contributed by atoms with Crippen molar-refractivity contribution in [3.63, 3.8) is 0 Å². The molecule has 2 aromatic rings. The highest BCUT2D eigenvalue weighted by molar-refractivity contribution is 6.05. The number of carbonyl (C=O) groups excluding carboxylic acids is 1. The third-order valence-corrected chi connectivity index (χ3v) is 2.37. The first-order valence-electron chi connectivity index (χ1n) is 5.13. The van der Waals surface area contributed by atoms with Gasteiger partial charge >= 0.3 is 5.97 Å². The second kappa shape index (κ2) is 4.79. The monoisotopic (exact) mass is 248 g/mol. The number of aromatic nitrogens is 1. The van der Waals surface area contributed by atoms with Crippen LogP contribution in [0, 0.1) is 5.82 Å². The molecule has 0 bridgehead atoms. The standard InChI is InChI=1S/C12H9FN2O3/c13-9-3-1-2-8-7(9)4-5-14-11(8)12(18)15-6-10(16)17/h1-5H,6H2,(H,15,18)(H,16,17). The molecule has 6 heteroatoms. The molecule has 2 N–H and O–H groups in total. The minimum absolute atomic E-state index is 0.00764. The molecule has 5 nitrogen and oxygen atoms in total. The molecule has 2 rings (SSSR count). The number of hydrogen-bond donors (Lipinski definition) is 2. The fourth-order valence-electron chi connectivity index (χ4n) is 1.59. The summed E-state index contributed by atoms with van der Waals surface area (Å²) in [4.78, 5) is 25.9. The Morgan fingerprint density at radius 2 is 2.06 bits per heavy atom. The average molecular weight is 248 g/mol. The summed E-state index contributed by atoms with van der Waals surface area (Å²) in [6.45, 7) is -0.508. The van der Waals surface area contributed by atoms with Crippen LogP contribution in [-0.2, 0) is 4.79 Å². The number of benzene rings is 1. The van der Waals surface area contributed by atoms with E-state index < -0.39 is 24.2 Å². The molecule has 0 spiro atoms. The molecule has 1 heterocycles. The van der Waals surface area contributed by atoms with Crippen molar-refractivity contribution in [3.8, 4) is 0 Å². The first kappa shape index (κ1) is 12.0. The Labute approximate surface area is 101 Å². The van der Waals surface area contributed by atoms with Crippen LogP contribution in [0.3, 0.4) is 0 Å². The Kier molecular flexibility index (Phi) is 3.18. The van der Waals surface area contributed by atoms with E-state index >= 15 is 0 Å². The van der Waals surface area contributed by atoms with E-state index in [0.29, 0.717) is 5.39 Å². The Morgan fingerprint density at radius 3 is 2.78 bits per heavy atom. The summed E-state index contributed by atoms with van der Waals surface area (Å²) in [7, 11) is 0. The number of fused-ring (bicyclic) bond motifs is 1. The van der Waals surface area contributed by atoms with Gasteiger partial charge in [-0.2, -0.15) is 0 Å². The molecule has 18 heavy (non-hydrogen) atoms. The lowest BCUT2D eigenvalue weighted by Gasteiger charge is -2.05. The molecule has 1 amide bonds. The molecule has 0 saturated carbocycles. The average Bonchev–Trinajstić information content (AvgIpc) is 2.36. The number of nitrogens with one attached hydrogen (secondary N) is 1. The number of carbonyl (C=O) groups is 2. The van der Waals surface area contributed by atoms with Crippen LogP contribution in [0.4, 0.5) is 4.39 Å². The van der Waals surface area contributed by atoms with Gasteiger partial charge in [0.1, 0.15) is 18.1 Å². The maximum atomic E-state index is 13.5. The highest BCUT2D eigenvalue weighted by Gasteiger charge is 2.13. The van der Waals surface area contributed by atoms with Gasteiger partial charge in [-0.3, -0.25) is 14.6 Å². The van der Waals surface area contributed by atoms with Crippen LogP contribution in [0.15, 0.2) is 30.5 Å². The number of halogens is 1. The van der Waals surface area contributed by atoms with Crippen LogP contribution < -0.4 is 5.32 Å². The van der Waals surface area contributed by atoms with E-state index in [1.54, 1.807) is 6.07 Å². The van der Waals surface area contributed by atoms with Gasteiger partial charge in [0, 0.05) is 17.0 Å². The Balaban J connectivity index is 2.42. The number of aliphatic carboxylic acids is 1. The predicted molar refractivity (Wildman–Crippen MR) is 61.7 cm³/mol. The number of amides is 1. The van der Waals surface area contributed by atoms with Crippen molar-refractivity contribution in [2.45, 2.75) is 0 Å². The third kappa shape index (κ3) is 2.27. The highest BCUT2D eigenvalue weighted by Crippen LogP contribution is 2.19. The molecule has 0 fully saturated rings. The fraction of sp³-hybridized carbons (Fsp3) is 0.0833. The topological polar surface area (TPSA) is 79.3 Å². The maximum Gasteiger partial charge on any atom is 0.322 e.